The molecule has 0 amide bonds. The summed E-state index contributed by atoms with van der Waals surface area (Å²) in [5.41, 5.74) is 1.09. The van der Waals surface area contributed by atoms with Crippen molar-refractivity contribution in [3.05, 3.63) is 28.8 Å². The van der Waals surface area contributed by atoms with Gasteiger partial charge >= 0.3 is 0 Å². The molecule has 72 valence electrons. The van der Waals surface area contributed by atoms with E-state index in [0.29, 0.717) is 0 Å². The minimum absolute atomic E-state index is 0.264. The highest BCUT2D eigenvalue weighted by atomic mass is 35.5. The van der Waals surface area contributed by atoms with E-state index in [0.717, 1.165) is 22.8 Å². The van der Waals surface area contributed by atoms with Gasteiger partial charge in [0.05, 0.1) is 6.10 Å². The average Bonchev–Trinajstić information content (AvgIpc) is 2.09. The van der Waals surface area contributed by atoms with Crippen LogP contribution >= 0.6 is 11.6 Å². The van der Waals surface area contributed by atoms with Gasteiger partial charge in [-0.3, -0.25) is 0 Å². The fourth-order valence-corrected chi connectivity index (χ4v) is 1.27. The van der Waals surface area contributed by atoms with Gasteiger partial charge in [-0.2, -0.15) is 0 Å². The molecule has 1 aromatic rings. The number of benzene rings is 1. The highest BCUT2D eigenvalue weighted by Gasteiger charge is 2.03. The minimum atomic E-state index is 0.264. The average molecular weight is 199 g/mol. The molecule has 13 heavy (non-hydrogen) atoms. The molecule has 0 aliphatic rings. The van der Waals surface area contributed by atoms with Gasteiger partial charge in [-0.1, -0.05) is 18.5 Å². The maximum Gasteiger partial charge on any atom is 0.122 e. The second kappa shape index (κ2) is 4.52. The summed E-state index contributed by atoms with van der Waals surface area (Å²) in [6.07, 6.45) is 1.28. The Morgan fingerprint density at radius 2 is 2.15 bits per heavy atom. The second-order valence-corrected chi connectivity index (χ2v) is 3.68. The summed E-state index contributed by atoms with van der Waals surface area (Å²) in [7, 11) is 0. The molecule has 1 aromatic carbocycles. The molecule has 0 aromatic heterocycles. The lowest BCUT2D eigenvalue weighted by atomic mass is 10.2. The highest BCUT2D eigenvalue weighted by molar-refractivity contribution is 6.30. The van der Waals surface area contributed by atoms with E-state index in [1.165, 1.54) is 0 Å². The van der Waals surface area contributed by atoms with Crippen LogP contribution in [0.2, 0.25) is 5.02 Å². The second-order valence-electron chi connectivity index (χ2n) is 3.25. The minimum Gasteiger partial charge on any atom is -0.490 e. The first-order chi connectivity index (χ1) is 6.13. The van der Waals surface area contributed by atoms with Crippen molar-refractivity contribution in [2.75, 3.05) is 0 Å². The Morgan fingerprint density at radius 1 is 1.46 bits per heavy atom. The van der Waals surface area contributed by atoms with Crippen molar-refractivity contribution in [3.8, 4) is 5.75 Å². The zero-order valence-corrected chi connectivity index (χ0v) is 9.06. The van der Waals surface area contributed by atoms with Crippen LogP contribution in [0.1, 0.15) is 25.8 Å². The molecule has 0 radical (unpaired) electrons. The lowest BCUT2D eigenvalue weighted by Gasteiger charge is -2.14. The first-order valence-corrected chi connectivity index (χ1v) is 4.94. The lowest BCUT2D eigenvalue weighted by molar-refractivity contribution is 0.216. The summed E-state index contributed by atoms with van der Waals surface area (Å²) >= 11 is 5.83. The standard InChI is InChI=1S/C11H15ClO/c1-4-9(3)13-11-6-5-10(12)7-8(11)2/h5-7,9H,4H2,1-3H3. The molecular weight excluding hydrogens is 184 g/mol. The Kier molecular flexibility index (Phi) is 3.61. The summed E-state index contributed by atoms with van der Waals surface area (Å²) in [4.78, 5) is 0. The third-order valence-corrected chi connectivity index (χ3v) is 2.28. The number of hydrogen-bond acceptors (Lipinski definition) is 1. The molecule has 1 nitrogen and oxygen atoms in total. The molecule has 0 spiro atoms. The van der Waals surface area contributed by atoms with Crippen LogP contribution in [-0.4, -0.2) is 6.10 Å². The summed E-state index contributed by atoms with van der Waals surface area (Å²) in [5.74, 6) is 0.929. The van der Waals surface area contributed by atoms with Gasteiger partial charge in [-0.25, -0.2) is 0 Å². The van der Waals surface area contributed by atoms with Crippen molar-refractivity contribution in [1.82, 2.24) is 0 Å². The first-order valence-electron chi connectivity index (χ1n) is 4.56. The summed E-state index contributed by atoms with van der Waals surface area (Å²) in [6.45, 7) is 6.17. The highest BCUT2D eigenvalue weighted by Crippen LogP contribution is 2.23. The van der Waals surface area contributed by atoms with Gasteiger partial charge in [0, 0.05) is 5.02 Å². The summed E-state index contributed by atoms with van der Waals surface area (Å²) in [6, 6.07) is 5.69. The Morgan fingerprint density at radius 3 is 2.69 bits per heavy atom. The third kappa shape index (κ3) is 2.92. The number of rotatable bonds is 3. The fourth-order valence-electron chi connectivity index (χ4n) is 1.05. The normalized spacial score (nSPS) is 12.6. The van der Waals surface area contributed by atoms with E-state index in [1.54, 1.807) is 0 Å². The van der Waals surface area contributed by atoms with Gasteiger partial charge in [-0.15, -0.1) is 0 Å². The molecule has 0 saturated heterocycles. The van der Waals surface area contributed by atoms with Crippen LogP contribution in [0.25, 0.3) is 0 Å². The van der Waals surface area contributed by atoms with Crippen molar-refractivity contribution in [1.29, 1.82) is 0 Å². The van der Waals surface area contributed by atoms with E-state index in [1.807, 2.05) is 25.1 Å². The predicted molar refractivity (Wildman–Crippen MR) is 56.6 cm³/mol. The van der Waals surface area contributed by atoms with E-state index in [2.05, 4.69) is 13.8 Å². The molecule has 0 bridgehead atoms. The maximum atomic E-state index is 5.83. The Balaban J connectivity index is 2.77. The number of halogens is 1. The number of hydrogen-bond donors (Lipinski definition) is 0. The van der Waals surface area contributed by atoms with E-state index < -0.39 is 0 Å². The van der Waals surface area contributed by atoms with E-state index in [9.17, 15) is 0 Å². The van der Waals surface area contributed by atoms with Crippen LogP contribution < -0.4 is 4.74 Å². The maximum absolute atomic E-state index is 5.83. The van der Waals surface area contributed by atoms with Gasteiger partial charge in [-0.05, 0) is 44.0 Å². The lowest BCUT2D eigenvalue weighted by Crippen LogP contribution is -2.10. The number of ether oxygens (including phenoxy) is 1. The van der Waals surface area contributed by atoms with Crippen molar-refractivity contribution in [3.63, 3.8) is 0 Å². The Bertz CT molecular complexity index is 283. The van der Waals surface area contributed by atoms with Crippen LogP contribution in [0.3, 0.4) is 0 Å². The van der Waals surface area contributed by atoms with E-state index >= 15 is 0 Å². The van der Waals surface area contributed by atoms with Crippen LogP contribution in [0.4, 0.5) is 0 Å². The Labute approximate surface area is 84.7 Å². The molecule has 0 heterocycles. The molecule has 2 heteroatoms. The van der Waals surface area contributed by atoms with Crippen LogP contribution in [0, 0.1) is 6.92 Å². The monoisotopic (exact) mass is 198 g/mol. The zero-order valence-electron chi connectivity index (χ0n) is 8.30. The molecule has 0 N–H and O–H groups in total. The first kappa shape index (κ1) is 10.4. The molecule has 1 rings (SSSR count). The van der Waals surface area contributed by atoms with Crippen molar-refractivity contribution in [2.45, 2.75) is 33.3 Å². The topological polar surface area (TPSA) is 9.23 Å². The number of aryl methyl sites for hydroxylation is 1. The predicted octanol–water partition coefficient (Wildman–Crippen LogP) is 3.83. The third-order valence-electron chi connectivity index (χ3n) is 2.04. The molecule has 0 fully saturated rings. The van der Waals surface area contributed by atoms with Gasteiger partial charge < -0.3 is 4.74 Å². The van der Waals surface area contributed by atoms with Crippen molar-refractivity contribution < 1.29 is 4.74 Å². The summed E-state index contributed by atoms with van der Waals surface area (Å²) in [5, 5.41) is 0.758. The van der Waals surface area contributed by atoms with Crippen molar-refractivity contribution >= 4 is 11.6 Å². The molecule has 1 unspecified atom stereocenters. The quantitative estimate of drug-likeness (QED) is 0.718. The molecule has 0 saturated carbocycles. The summed E-state index contributed by atoms with van der Waals surface area (Å²) < 4.78 is 5.69. The fraction of sp³-hybridized carbons (Fsp3) is 0.455. The van der Waals surface area contributed by atoms with Gasteiger partial charge in [0.1, 0.15) is 5.75 Å². The Hall–Kier alpha value is -0.690. The van der Waals surface area contributed by atoms with E-state index in [-0.39, 0.29) is 6.10 Å². The zero-order chi connectivity index (χ0) is 9.84. The van der Waals surface area contributed by atoms with Crippen LogP contribution in [0.15, 0.2) is 18.2 Å². The van der Waals surface area contributed by atoms with Crippen LogP contribution in [0.5, 0.6) is 5.75 Å². The molecule has 0 aliphatic heterocycles. The largest absolute Gasteiger partial charge is 0.490 e. The van der Waals surface area contributed by atoms with Gasteiger partial charge in [0.25, 0.3) is 0 Å². The smallest absolute Gasteiger partial charge is 0.122 e. The molecular formula is C11H15ClO. The SMILES string of the molecule is CCC(C)Oc1ccc(Cl)cc1C. The van der Waals surface area contributed by atoms with Gasteiger partial charge in [0.15, 0.2) is 0 Å². The van der Waals surface area contributed by atoms with Crippen molar-refractivity contribution in [2.24, 2.45) is 0 Å². The van der Waals surface area contributed by atoms with Crippen LogP contribution in [-0.2, 0) is 0 Å². The van der Waals surface area contributed by atoms with Gasteiger partial charge in [0.2, 0.25) is 0 Å². The van der Waals surface area contributed by atoms with E-state index in [4.69, 9.17) is 16.3 Å². The molecule has 1 atom stereocenters. The molecule has 0 aliphatic carbocycles.